The van der Waals surface area contributed by atoms with Crippen molar-refractivity contribution in [1.29, 1.82) is 0 Å². The summed E-state index contributed by atoms with van der Waals surface area (Å²) in [4.78, 5) is 72.2. The predicted molar refractivity (Wildman–Crippen MR) is 340 cm³/mol. The zero-order valence-corrected chi connectivity index (χ0v) is 56.9. The smallest absolute Gasteiger partial charge is 0.462 e. The van der Waals surface area contributed by atoms with E-state index in [4.69, 9.17) is 37.0 Å². The van der Waals surface area contributed by atoms with Crippen molar-refractivity contribution in [2.75, 3.05) is 39.6 Å². The topological polar surface area (TPSA) is 237 Å². The van der Waals surface area contributed by atoms with Crippen molar-refractivity contribution in [3.8, 4) is 0 Å². The maximum atomic E-state index is 13.0. The van der Waals surface area contributed by atoms with Crippen LogP contribution in [0.5, 0.6) is 0 Å². The van der Waals surface area contributed by atoms with Crippen LogP contribution in [-0.4, -0.2) is 96.7 Å². The molecule has 19 heteroatoms. The van der Waals surface area contributed by atoms with Gasteiger partial charge in [0.15, 0.2) is 12.2 Å². The molecule has 0 saturated heterocycles. The van der Waals surface area contributed by atoms with Crippen molar-refractivity contribution in [3.63, 3.8) is 0 Å². The Morgan fingerprint density at radius 2 is 0.565 bits per heavy atom. The van der Waals surface area contributed by atoms with Crippen LogP contribution in [0.15, 0.2) is 0 Å². The van der Waals surface area contributed by atoms with Gasteiger partial charge in [-0.15, -0.1) is 0 Å². The molecule has 8 atom stereocenters. The first-order chi connectivity index (χ1) is 40.8. The molecule has 0 bridgehead atoms. The molecule has 0 saturated carbocycles. The van der Waals surface area contributed by atoms with Gasteiger partial charge in [0.05, 0.1) is 26.4 Å². The van der Waals surface area contributed by atoms with Crippen LogP contribution in [0.25, 0.3) is 0 Å². The Bertz CT molecular complexity index is 1690. The van der Waals surface area contributed by atoms with Crippen LogP contribution < -0.4 is 0 Å². The lowest BCUT2D eigenvalue weighted by Gasteiger charge is -2.21. The lowest BCUT2D eigenvalue weighted by Crippen LogP contribution is -2.30. The molecule has 0 aromatic rings. The first-order valence-corrected chi connectivity index (χ1v) is 37.5. The number of aliphatic hydroxyl groups is 1. The fraction of sp³-hybridized carbons (Fsp3) is 0.939. The molecule has 0 spiro atoms. The summed E-state index contributed by atoms with van der Waals surface area (Å²) in [5, 5.41) is 10.5. The molecule has 85 heavy (non-hydrogen) atoms. The third-order valence-corrected chi connectivity index (χ3v) is 18.1. The number of hydrogen-bond donors (Lipinski definition) is 3. The van der Waals surface area contributed by atoms with Crippen LogP contribution in [-0.2, 0) is 65.4 Å². The Kier molecular flexibility index (Phi) is 55.9. The van der Waals surface area contributed by atoms with Crippen molar-refractivity contribution < 1.29 is 80.2 Å². The highest BCUT2D eigenvalue weighted by molar-refractivity contribution is 7.47. The van der Waals surface area contributed by atoms with E-state index in [0.717, 1.165) is 120 Å². The number of carbonyl (C=O) groups excluding carboxylic acids is 4. The second-order valence-electron chi connectivity index (χ2n) is 24.6. The molecule has 0 fully saturated rings. The van der Waals surface area contributed by atoms with Crippen LogP contribution in [0.3, 0.4) is 0 Å². The molecule has 0 aliphatic rings. The minimum Gasteiger partial charge on any atom is -0.462 e. The number of ether oxygens (including phenoxy) is 4. The van der Waals surface area contributed by atoms with E-state index < -0.39 is 97.5 Å². The summed E-state index contributed by atoms with van der Waals surface area (Å²) in [7, 11) is -9.89. The summed E-state index contributed by atoms with van der Waals surface area (Å²) in [5.74, 6) is 0.213. The van der Waals surface area contributed by atoms with E-state index >= 15 is 0 Å². The third-order valence-electron chi connectivity index (χ3n) is 16.2. The van der Waals surface area contributed by atoms with Crippen LogP contribution in [0.2, 0.25) is 0 Å². The Morgan fingerprint density at radius 3 is 0.835 bits per heavy atom. The van der Waals surface area contributed by atoms with Gasteiger partial charge in [-0.2, -0.15) is 0 Å². The Labute approximate surface area is 517 Å². The number of phosphoric acid groups is 2. The van der Waals surface area contributed by atoms with Crippen LogP contribution in [0, 0.1) is 17.8 Å². The highest BCUT2D eigenvalue weighted by atomic mass is 31.2. The Hall–Kier alpha value is -1.94. The maximum Gasteiger partial charge on any atom is 0.472 e. The quantitative estimate of drug-likeness (QED) is 0.0222. The van der Waals surface area contributed by atoms with Gasteiger partial charge in [-0.05, 0) is 43.4 Å². The average molecular weight is 1260 g/mol. The van der Waals surface area contributed by atoms with Gasteiger partial charge in [-0.25, -0.2) is 9.13 Å². The number of phosphoric ester groups is 2. The largest absolute Gasteiger partial charge is 0.472 e. The van der Waals surface area contributed by atoms with Crippen LogP contribution in [0.4, 0.5) is 0 Å². The molecular formula is C66H128O17P2. The van der Waals surface area contributed by atoms with Crippen molar-refractivity contribution >= 4 is 39.5 Å². The van der Waals surface area contributed by atoms with Gasteiger partial charge in [0.2, 0.25) is 0 Å². The molecule has 0 rings (SSSR count). The molecule has 0 aromatic heterocycles. The van der Waals surface area contributed by atoms with Gasteiger partial charge >= 0.3 is 39.5 Å². The fourth-order valence-corrected chi connectivity index (χ4v) is 11.3. The number of carbonyl (C=O) groups is 4. The number of rotatable bonds is 64. The van der Waals surface area contributed by atoms with Crippen molar-refractivity contribution in [2.45, 2.75) is 343 Å². The second-order valence-corrected chi connectivity index (χ2v) is 27.5. The van der Waals surface area contributed by atoms with Gasteiger partial charge in [0.1, 0.15) is 19.3 Å². The lowest BCUT2D eigenvalue weighted by atomic mass is 9.99. The van der Waals surface area contributed by atoms with Crippen molar-refractivity contribution in [3.05, 3.63) is 0 Å². The molecule has 0 amide bonds. The highest BCUT2D eigenvalue weighted by Crippen LogP contribution is 2.45. The summed E-state index contributed by atoms with van der Waals surface area (Å²) < 4.78 is 68.0. The molecule has 5 unspecified atom stereocenters. The first kappa shape index (κ1) is 83.1. The molecule has 0 aliphatic carbocycles. The number of esters is 4. The molecule has 504 valence electrons. The number of hydrogen-bond acceptors (Lipinski definition) is 15. The zero-order valence-electron chi connectivity index (χ0n) is 55.1. The monoisotopic (exact) mass is 1250 g/mol. The summed E-state index contributed by atoms with van der Waals surface area (Å²) >= 11 is 0. The minimum absolute atomic E-state index is 0.104. The SMILES string of the molecule is CCCCCCCCCC(=O)OC[C@H](COP(=O)(O)OC[C@H](O)COP(=O)(O)OC[C@@H](COC(=O)CCCCCCCCCCC(C)CC)OC(=O)CCCCCCCCCCCCC(C)CC)OC(=O)CCCCCCCCCCC(C)CC. The van der Waals surface area contributed by atoms with Gasteiger partial charge in [0.25, 0.3) is 0 Å². The van der Waals surface area contributed by atoms with Crippen molar-refractivity contribution in [1.82, 2.24) is 0 Å². The average Bonchev–Trinajstić information content (AvgIpc) is 3.64. The summed E-state index contributed by atoms with van der Waals surface area (Å²) in [6.07, 6.45) is 38.8. The van der Waals surface area contributed by atoms with E-state index in [2.05, 4.69) is 48.5 Å². The van der Waals surface area contributed by atoms with E-state index in [1.807, 2.05) is 0 Å². The third kappa shape index (κ3) is 57.0. The van der Waals surface area contributed by atoms with E-state index in [1.165, 1.54) is 122 Å². The van der Waals surface area contributed by atoms with Crippen LogP contribution >= 0.6 is 15.6 Å². The minimum atomic E-state index is -4.95. The maximum absolute atomic E-state index is 13.0. The van der Waals surface area contributed by atoms with Gasteiger partial charge in [-0.3, -0.25) is 37.3 Å². The predicted octanol–water partition coefficient (Wildman–Crippen LogP) is 18.3. The summed E-state index contributed by atoms with van der Waals surface area (Å²) in [6, 6.07) is 0. The number of aliphatic hydroxyl groups excluding tert-OH is 1. The van der Waals surface area contributed by atoms with Gasteiger partial charge in [0, 0.05) is 25.7 Å². The fourth-order valence-electron chi connectivity index (χ4n) is 9.74. The van der Waals surface area contributed by atoms with Gasteiger partial charge in [-0.1, -0.05) is 273 Å². The van der Waals surface area contributed by atoms with Crippen molar-refractivity contribution in [2.24, 2.45) is 17.8 Å². The zero-order chi connectivity index (χ0) is 63.1. The van der Waals surface area contributed by atoms with E-state index in [9.17, 15) is 43.2 Å². The molecule has 3 N–H and O–H groups in total. The standard InChI is InChI=1S/C66H128O17P2/c1-8-12-13-14-23-33-40-47-63(68)76-53-61(83-66(71)50-43-36-29-22-20-26-32-39-46-59(7)11-4)55-80-84(72,73)78-51-60(67)52-79-85(74,75)81-56-62(54-77-64(69)48-41-34-27-21-19-25-31-38-45-58(6)10-3)82-65(70)49-42-35-28-18-16-15-17-24-30-37-44-57(5)9-2/h57-62,67H,8-56H2,1-7H3,(H,72,73)(H,74,75)/t57?,58?,59?,60-,61+,62+/m0/s1. The summed E-state index contributed by atoms with van der Waals surface area (Å²) in [5.41, 5.74) is 0. The lowest BCUT2D eigenvalue weighted by molar-refractivity contribution is -0.161. The molecule has 0 heterocycles. The molecular weight excluding hydrogens is 1130 g/mol. The normalized spacial score (nSPS) is 15.3. The summed E-state index contributed by atoms with van der Waals surface area (Å²) in [6.45, 7) is 11.8. The molecule has 0 aliphatic heterocycles. The van der Waals surface area contributed by atoms with Crippen LogP contribution in [0.1, 0.15) is 325 Å². The van der Waals surface area contributed by atoms with E-state index in [1.54, 1.807) is 0 Å². The molecule has 0 radical (unpaired) electrons. The Balaban J connectivity index is 5.24. The van der Waals surface area contributed by atoms with E-state index in [-0.39, 0.29) is 25.7 Å². The Morgan fingerprint density at radius 1 is 0.329 bits per heavy atom. The van der Waals surface area contributed by atoms with E-state index in [0.29, 0.717) is 25.7 Å². The molecule has 0 aromatic carbocycles. The number of unbranched alkanes of at least 4 members (excludes halogenated alkanes) is 29. The second kappa shape index (κ2) is 57.2. The van der Waals surface area contributed by atoms with Gasteiger partial charge < -0.3 is 33.8 Å². The first-order valence-electron chi connectivity index (χ1n) is 34.5. The molecule has 17 nitrogen and oxygen atoms in total. The highest BCUT2D eigenvalue weighted by Gasteiger charge is 2.30.